The molecule has 0 aromatic carbocycles. The molecule has 4 rings (SSSR count). The summed E-state index contributed by atoms with van der Waals surface area (Å²) in [5.74, 6) is -7.96. The summed E-state index contributed by atoms with van der Waals surface area (Å²) in [6.45, 7) is 12.7. The van der Waals surface area contributed by atoms with Gasteiger partial charge in [0.15, 0.2) is 5.78 Å². The summed E-state index contributed by atoms with van der Waals surface area (Å²) < 4.78 is 29.4. The van der Waals surface area contributed by atoms with E-state index >= 15 is 0 Å². The molecule has 2 saturated heterocycles. The van der Waals surface area contributed by atoms with Crippen LogP contribution in [0.25, 0.3) is 0 Å². The number of fused-ring (bicyclic) bond motifs is 3. The number of methoxy groups -OCH3 is 3. The van der Waals surface area contributed by atoms with Gasteiger partial charge in [0.25, 0.3) is 11.7 Å². The molecule has 0 aromatic rings. The monoisotopic (exact) mass is 914 g/mol. The number of carbonyl (C=O) groups excluding carboxylic acids is 5. The van der Waals surface area contributed by atoms with Crippen LogP contribution in [0.3, 0.4) is 0 Å². The average Bonchev–Trinajstić information content (AvgIpc) is 3.28. The molecule has 65 heavy (non-hydrogen) atoms. The van der Waals surface area contributed by atoms with Crippen LogP contribution in [0.2, 0.25) is 0 Å². The van der Waals surface area contributed by atoms with Gasteiger partial charge in [-0.05, 0) is 107 Å². The third kappa shape index (κ3) is 14.3. The lowest BCUT2D eigenvalue weighted by molar-refractivity contribution is -0.265. The van der Waals surface area contributed by atoms with Gasteiger partial charge in [-0.25, -0.2) is 4.79 Å². The first-order valence-corrected chi connectivity index (χ1v) is 23.9. The fourth-order valence-electron chi connectivity index (χ4n) is 10.1. The number of aliphatic hydroxyl groups is 3. The summed E-state index contributed by atoms with van der Waals surface area (Å²) in [5.41, 5.74) is 1.27. The maximum atomic E-state index is 14.4. The van der Waals surface area contributed by atoms with E-state index in [1.165, 1.54) is 12.0 Å². The highest BCUT2D eigenvalue weighted by atomic mass is 16.6. The maximum Gasteiger partial charge on any atom is 0.329 e. The van der Waals surface area contributed by atoms with Crippen molar-refractivity contribution >= 4 is 29.2 Å². The van der Waals surface area contributed by atoms with E-state index in [2.05, 4.69) is 0 Å². The largest absolute Gasteiger partial charge is 0.460 e. The van der Waals surface area contributed by atoms with E-state index in [0.717, 1.165) is 12.0 Å². The molecule has 3 fully saturated rings. The van der Waals surface area contributed by atoms with Crippen molar-refractivity contribution in [1.29, 1.82) is 0 Å². The summed E-state index contributed by atoms with van der Waals surface area (Å²) >= 11 is 0. The van der Waals surface area contributed by atoms with Crippen molar-refractivity contribution in [1.82, 2.24) is 4.90 Å². The zero-order valence-electron chi connectivity index (χ0n) is 40.6. The molecule has 2 unspecified atom stereocenters. The van der Waals surface area contributed by atoms with Crippen molar-refractivity contribution in [2.45, 2.75) is 180 Å². The molecular formula is C51H79NO13. The molecule has 3 aliphatic heterocycles. The van der Waals surface area contributed by atoms with Crippen molar-refractivity contribution < 1.29 is 63.0 Å². The van der Waals surface area contributed by atoms with Crippen molar-refractivity contribution in [2.75, 3.05) is 27.9 Å². The van der Waals surface area contributed by atoms with E-state index in [1.807, 2.05) is 58.1 Å². The van der Waals surface area contributed by atoms with E-state index < -0.39 is 83.9 Å². The number of hydrogen-bond acceptors (Lipinski definition) is 13. The van der Waals surface area contributed by atoms with Crippen molar-refractivity contribution in [2.24, 2.45) is 35.5 Å². The Hall–Kier alpha value is -3.37. The van der Waals surface area contributed by atoms with Gasteiger partial charge >= 0.3 is 5.97 Å². The van der Waals surface area contributed by atoms with Gasteiger partial charge in [0, 0.05) is 58.5 Å². The Labute approximate surface area is 387 Å². The van der Waals surface area contributed by atoms with Gasteiger partial charge in [0.05, 0.1) is 24.4 Å². The van der Waals surface area contributed by atoms with Crippen LogP contribution in [0, 0.1) is 35.5 Å². The number of amides is 1. The summed E-state index contributed by atoms with van der Waals surface area (Å²) in [4.78, 5) is 71.8. The van der Waals surface area contributed by atoms with Crippen LogP contribution in [0.15, 0.2) is 47.6 Å². The molecule has 15 atom stereocenters. The summed E-state index contributed by atoms with van der Waals surface area (Å²) in [7, 11) is 4.52. The minimum Gasteiger partial charge on any atom is -0.460 e. The number of carbonyl (C=O) groups is 5. The number of Topliss-reactive ketones (excluding diaryl/α,β-unsaturated/α-hetero) is 3. The molecule has 3 N–H and O–H groups in total. The molecule has 366 valence electrons. The van der Waals surface area contributed by atoms with Crippen LogP contribution in [0.4, 0.5) is 0 Å². The minimum atomic E-state index is -2.43. The van der Waals surface area contributed by atoms with E-state index in [-0.39, 0.29) is 54.8 Å². The number of esters is 1. The SMILES string of the molecule is CO[C@H]1C[C@@H]2CC[C@@H](C)C(O)(O2)C(=O)C(=O)N2CCCC[C@H]2C(=O)OC([C@H](C)C[C@@H]2CC[C@@H](O)[C@H](OC)C2)CC(=O)[C@H](C)/C=C(\C)[C@@H](O)[C@@H](OC)C(=O)[C@H](C)C[C@H](C)/C=C/C=C/C=C/1C. The van der Waals surface area contributed by atoms with Gasteiger partial charge in [-0.15, -0.1) is 0 Å². The highest BCUT2D eigenvalue weighted by Gasteiger charge is 2.53. The summed E-state index contributed by atoms with van der Waals surface area (Å²) in [6, 6.07) is -1.14. The Morgan fingerprint density at radius 2 is 1.57 bits per heavy atom. The molecule has 4 aliphatic rings. The lowest BCUT2D eigenvalue weighted by Gasteiger charge is -2.42. The molecule has 1 aliphatic carbocycles. The Kier molecular flexibility index (Phi) is 21.0. The van der Waals surface area contributed by atoms with E-state index in [1.54, 1.807) is 41.1 Å². The number of cyclic esters (lactones) is 1. The molecule has 3 heterocycles. The molecular weight excluding hydrogens is 835 g/mol. The van der Waals surface area contributed by atoms with Crippen LogP contribution < -0.4 is 0 Å². The number of aliphatic hydroxyl groups excluding tert-OH is 2. The van der Waals surface area contributed by atoms with E-state index in [9.17, 15) is 39.3 Å². The molecule has 2 bridgehead atoms. The van der Waals surface area contributed by atoms with Gasteiger partial charge in [-0.1, -0.05) is 71.1 Å². The van der Waals surface area contributed by atoms with E-state index in [0.29, 0.717) is 63.4 Å². The van der Waals surface area contributed by atoms with Crippen LogP contribution >= 0.6 is 0 Å². The Morgan fingerprint density at radius 3 is 2.25 bits per heavy atom. The smallest absolute Gasteiger partial charge is 0.329 e. The second-order valence-corrected chi connectivity index (χ2v) is 19.6. The van der Waals surface area contributed by atoms with Crippen molar-refractivity contribution in [3.63, 3.8) is 0 Å². The zero-order chi connectivity index (χ0) is 48.2. The number of hydrogen-bond donors (Lipinski definition) is 3. The van der Waals surface area contributed by atoms with Gasteiger partial charge < -0.3 is 43.9 Å². The number of rotatable bonds is 6. The Morgan fingerprint density at radius 1 is 0.846 bits per heavy atom. The fraction of sp³-hybridized carbons (Fsp3) is 0.745. The minimum absolute atomic E-state index is 0.0193. The first kappa shape index (κ1) is 54.2. The number of allylic oxidation sites excluding steroid dienone is 6. The lowest BCUT2D eigenvalue weighted by atomic mass is 9.78. The molecule has 1 saturated carbocycles. The Bertz CT molecular complexity index is 1760. The van der Waals surface area contributed by atoms with Crippen LogP contribution in [-0.4, -0.2) is 132 Å². The number of ketones is 3. The molecule has 0 radical (unpaired) electrons. The summed E-state index contributed by atoms with van der Waals surface area (Å²) in [6.07, 6.45) is 11.2. The topological polar surface area (TPSA) is 195 Å². The third-order valence-electron chi connectivity index (χ3n) is 14.5. The first-order chi connectivity index (χ1) is 30.7. The van der Waals surface area contributed by atoms with Gasteiger partial charge in [-0.3, -0.25) is 19.2 Å². The Balaban J connectivity index is 1.70. The maximum absolute atomic E-state index is 14.4. The average molecular weight is 914 g/mol. The standard InChI is InChI=1S/C51H79NO13/c1-30-16-12-11-13-17-31(2)42(61-8)28-38-21-19-36(7)51(60,65-38)48(57)49(58)52-23-15-14-18-39(52)50(59)64-43(33(4)26-37-20-22-40(53)44(27-37)62-9)29-41(54)32(3)25-35(6)46(56)47(63-10)45(55)34(5)24-30/h11-13,16-17,25,30,32-34,36-40,42-44,46-47,53,56,60H,14-15,18-24,26-29H2,1-10H3/b13-11+,16-12+,31-17+,35-25+/t30-,32-,33-,34-,36-,37+,38+,39+,40-,42+,43?,44-,46-,47+,51?/m1/s1. The van der Waals surface area contributed by atoms with Crippen molar-refractivity contribution in [3.8, 4) is 0 Å². The highest BCUT2D eigenvalue weighted by molar-refractivity contribution is 6.39. The molecule has 14 heteroatoms. The van der Waals surface area contributed by atoms with Gasteiger partial charge in [0.2, 0.25) is 5.79 Å². The highest BCUT2D eigenvalue weighted by Crippen LogP contribution is 2.38. The van der Waals surface area contributed by atoms with Crippen LogP contribution in [0.1, 0.15) is 126 Å². The number of ether oxygens (including phenoxy) is 5. The molecule has 0 aromatic heterocycles. The lowest BCUT2D eigenvalue weighted by Crippen LogP contribution is -2.61. The fourth-order valence-corrected chi connectivity index (χ4v) is 10.1. The van der Waals surface area contributed by atoms with Crippen molar-refractivity contribution in [3.05, 3.63) is 47.6 Å². The van der Waals surface area contributed by atoms with Gasteiger partial charge in [-0.2, -0.15) is 0 Å². The first-order valence-electron chi connectivity index (χ1n) is 23.9. The molecule has 1 amide bonds. The third-order valence-corrected chi connectivity index (χ3v) is 14.5. The number of piperidine rings is 1. The normalized spacial score (nSPS) is 40.4. The number of nitrogens with zero attached hydrogens (tertiary/aromatic N) is 1. The predicted molar refractivity (Wildman–Crippen MR) is 245 cm³/mol. The quantitative estimate of drug-likeness (QED) is 0.156. The second kappa shape index (κ2) is 25.1. The van der Waals surface area contributed by atoms with Crippen LogP contribution in [-0.2, 0) is 47.7 Å². The zero-order valence-corrected chi connectivity index (χ0v) is 40.6. The van der Waals surface area contributed by atoms with Gasteiger partial charge in [0.1, 0.15) is 30.1 Å². The molecule has 0 spiro atoms. The summed E-state index contributed by atoms with van der Waals surface area (Å²) in [5, 5.41) is 33.8. The predicted octanol–water partition coefficient (Wildman–Crippen LogP) is 6.18. The van der Waals surface area contributed by atoms with Crippen LogP contribution in [0.5, 0.6) is 0 Å². The second-order valence-electron chi connectivity index (χ2n) is 19.6. The molecule has 14 nitrogen and oxygen atoms in total. The van der Waals surface area contributed by atoms with E-state index in [4.69, 9.17) is 23.7 Å².